The van der Waals surface area contributed by atoms with Gasteiger partial charge in [0, 0.05) is 19.7 Å². The number of halogens is 1. The highest BCUT2D eigenvalue weighted by Crippen LogP contribution is 2.29. The van der Waals surface area contributed by atoms with Crippen LogP contribution in [0.4, 0.5) is 11.5 Å². The molecule has 0 aliphatic heterocycles. The average Bonchev–Trinajstić information content (AvgIpc) is 3.05. The van der Waals surface area contributed by atoms with Gasteiger partial charge >= 0.3 is 0 Å². The van der Waals surface area contributed by atoms with Crippen LogP contribution in [-0.2, 0) is 0 Å². The number of nitrogens with zero attached hydrogens (tertiary/aromatic N) is 2. The molecule has 0 radical (unpaired) electrons. The molecule has 3 aromatic rings. The molecule has 122 valence electrons. The Kier molecular flexibility index (Phi) is 4.53. The molecule has 3 rings (SSSR count). The molecule has 0 aliphatic carbocycles. The SMILES string of the molecule is CN(C)c1ccc(NC(=O)c2ccc(-c3ccccc3Cl)o2)cn1. The molecule has 0 spiro atoms. The third-order valence-corrected chi connectivity index (χ3v) is 3.76. The number of nitrogens with one attached hydrogen (secondary N) is 1. The first-order chi connectivity index (χ1) is 11.5. The summed E-state index contributed by atoms with van der Waals surface area (Å²) in [4.78, 5) is 18.4. The van der Waals surface area contributed by atoms with Gasteiger partial charge in [-0.05, 0) is 36.4 Å². The summed E-state index contributed by atoms with van der Waals surface area (Å²) in [7, 11) is 3.80. The highest BCUT2D eigenvalue weighted by molar-refractivity contribution is 6.33. The Bertz CT molecular complexity index is 857. The molecule has 2 heterocycles. The van der Waals surface area contributed by atoms with Gasteiger partial charge in [0.05, 0.1) is 16.9 Å². The van der Waals surface area contributed by atoms with E-state index in [1.165, 1.54) is 0 Å². The number of furan rings is 1. The van der Waals surface area contributed by atoms with E-state index in [1.807, 2.05) is 43.3 Å². The highest BCUT2D eigenvalue weighted by Gasteiger charge is 2.14. The summed E-state index contributed by atoms with van der Waals surface area (Å²) in [5, 5.41) is 3.33. The van der Waals surface area contributed by atoms with Crippen molar-refractivity contribution < 1.29 is 9.21 Å². The van der Waals surface area contributed by atoms with Crippen molar-refractivity contribution in [2.24, 2.45) is 0 Å². The smallest absolute Gasteiger partial charge is 0.291 e. The Morgan fingerprint density at radius 1 is 1.12 bits per heavy atom. The first-order valence-electron chi connectivity index (χ1n) is 7.34. The Morgan fingerprint density at radius 3 is 2.58 bits per heavy atom. The van der Waals surface area contributed by atoms with E-state index in [0.717, 1.165) is 11.4 Å². The first-order valence-corrected chi connectivity index (χ1v) is 7.72. The highest BCUT2D eigenvalue weighted by atomic mass is 35.5. The van der Waals surface area contributed by atoms with Gasteiger partial charge in [0.15, 0.2) is 5.76 Å². The van der Waals surface area contributed by atoms with Crippen LogP contribution in [0.25, 0.3) is 11.3 Å². The number of aromatic nitrogens is 1. The minimum absolute atomic E-state index is 0.210. The molecular weight excluding hydrogens is 326 g/mol. The normalized spacial score (nSPS) is 10.5. The fourth-order valence-electron chi connectivity index (χ4n) is 2.18. The van der Waals surface area contributed by atoms with Gasteiger partial charge in [-0.25, -0.2) is 4.98 Å². The zero-order valence-electron chi connectivity index (χ0n) is 13.3. The molecule has 1 amide bonds. The largest absolute Gasteiger partial charge is 0.451 e. The van der Waals surface area contributed by atoms with Gasteiger partial charge in [-0.2, -0.15) is 0 Å². The molecule has 1 aromatic carbocycles. The summed E-state index contributed by atoms with van der Waals surface area (Å²) in [5.74, 6) is 1.23. The molecule has 0 fully saturated rings. The number of carbonyl (C=O) groups excluding carboxylic acids is 1. The second-order valence-corrected chi connectivity index (χ2v) is 5.80. The van der Waals surface area contributed by atoms with Crippen molar-refractivity contribution in [2.45, 2.75) is 0 Å². The predicted octanol–water partition coefficient (Wildman–Crippen LogP) is 4.31. The monoisotopic (exact) mass is 341 g/mol. The molecule has 0 atom stereocenters. The van der Waals surface area contributed by atoms with E-state index in [1.54, 1.807) is 30.5 Å². The fourth-order valence-corrected chi connectivity index (χ4v) is 2.41. The number of amides is 1. The second kappa shape index (κ2) is 6.76. The van der Waals surface area contributed by atoms with Crippen molar-refractivity contribution in [1.29, 1.82) is 0 Å². The predicted molar refractivity (Wildman–Crippen MR) is 95.7 cm³/mol. The van der Waals surface area contributed by atoms with Crippen molar-refractivity contribution in [3.8, 4) is 11.3 Å². The van der Waals surface area contributed by atoms with E-state index in [0.29, 0.717) is 16.5 Å². The molecule has 0 aliphatic rings. The summed E-state index contributed by atoms with van der Waals surface area (Å²) < 4.78 is 5.62. The summed E-state index contributed by atoms with van der Waals surface area (Å²) >= 11 is 6.14. The molecule has 1 N–H and O–H groups in total. The molecule has 0 unspecified atom stereocenters. The lowest BCUT2D eigenvalue weighted by molar-refractivity contribution is 0.0997. The van der Waals surface area contributed by atoms with Crippen LogP contribution >= 0.6 is 11.6 Å². The number of anilines is 2. The van der Waals surface area contributed by atoms with Gasteiger partial charge in [-0.15, -0.1) is 0 Å². The second-order valence-electron chi connectivity index (χ2n) is 5.40. The van der Waals surface area contributed by atoms with Crippen LogP contribution in [0.3, 0.4) is 0 Å². The van der Waals surface area contributed by atoms with Crippen molar-refractivity contribution in [1.82, 2.24) is 4.98 Å². The maximum atomic E-state index is 12.3. The molecule has 0 bridgehead atoms. The molecule has 0 saturated heterocycles. The molecule has 24 heavy (non-hydrogen) atoms. The molecule has 5 nitrogen and oxygen atoms in total. The summed E-state index contributed by atoms with van der Waals surface area (Å²) in [6, 6.07) is 14.3. The molecule has 0 saturated carbocycles. The Hall–Kier alpha value is -2.79. The molecular formula is C18H16ClN3O2. The Balaban J connectivity index is 1.75. The van der Waals surface area contributed by atoms with Crippen LogP contribution < -0.4 is 10.2 Å². The number of carbonyl (C=O) groups is 1. The third-order valence-electron chi connectivity index (χ3n) is 3.43. The van der Waals surface area contributed by atoms with E-state index >= 15 is 0 Å². The van der Waals surface area contributed by atoms with Crippen LogP contribution in [0.15, 0.2) is 59.1 Å². The van der Waals surface area contributed by atoms with Crippen LogP contribution in [0.1, 0.15) is 10.6 Å². The number of hydrogen-bond donors (Lipinski definition) is 1. The van der Waals surface area contributed by atoms with E-state index in [-0.39, 0.29) is 11.7 Å². The van der Waals surface area contributed by atoms with Crippen LogP contribution in [0.5, 0.6) is 0 Å². The van der Waals surface area contributed by atoms with Crippen molar-refractivity contribution >= 4 is 29.0 Å². The third kappa shape index (κ3) is 3.41. The molecule has 6 heteroatoms. The lowest BCUT2D eigenvalue weighted by Gasteiger charge is -2.11. The Morgan fingerprint density at radius 2 is 1.92 bits per heavy atom. The number of pyridine rings is 1. The van der Waals surface area contributed by atoms with E-state index in [2.05, 4.69) is 10.3 Å². The minimum atomic E-state index is -0.340. The standard InChI is InChI=1S/C18H16ClN3O2/c1-22(2)17-10-7-12(11-20-17)21-18(23)16-9-8-15(24-16)13-5-3-4-6-14(13)19/h3-11H,1-2H3,(H,21,23). The van der Waals surface area contributed by atoms with E-state index in [9.17, 15) is 4.79 Å². The van der Waals surface area contributed by atoms with E-state index < -0.39 is 0 Å². The van der Waals surface area contributed by atoms with Crippen LogP contribution in [-0.4, -0.2) is 25.0 Å². The average molecular weight is 342 g/mol. The van der Waals surface area contributed by atoms with Crippen molar-refractivity contribution in [3.05, 3.63) is 65.5 Å². The van der Waals surface area contributed by atoms with Gasteiger partial charge < -0.3 is 14.6 Å². The first kappa shape index (κ1) is 16.1. The van der Waals surface area contributed by atoms with Gasteiger partial charge in [-0.1, -0.05) is 23.7 Å². The molecule has 2 aromatic heterocycles. The lowest BCUT2D eigenvalue weighted by Crippen LogP contribution is -2.13. The minimum Gasteiger partial charge on any atom is -0.451 e. The quantitative estimate of drug-likeness (QED) is 0.768. The van der Waals surface area contributed by atoms with Crippen LogP contribution in [0, 0.1) is 0 Å². The fraction of sp³-hybridized carbons (Fsp3) is 0.111. The van der Waals surface area contributed by atoms with Crippen molar-refractivity contribution in [2.75, 3.05) is 24.3 Å². The van der Waals surface area contributed by atoms with Gasteiger partial charge in [0.25, 0.3) is 5.91 Å². The van der Waals surface area contributed by atoms with E-state index in [4.69, 9.17) is 16.0 Å². The number of benzene rings is 1. The summed E-state index contributed by atoms with van der Waals surface area (Å²) in [5.41, 5.74) is 1.34. The summed E-state index contributed by atoms with van der Waals surface area (Å²) in [6.07, 6.45) is 1.60. The van der Waals surface area contributed by atoms with Gasteiger partial charge in [0.2, 0.25) is 0 Å². The van der Waals surface area contributed by atoms with Gasteiger partial charge in [-0.3, -0.25) is 4.79 Å². The number of rotatable bonds is 4. The number of hydrogen-bond acceptors (Lipinski definition) is 4. The van der Waals surface area contributed by atoms with Crippen molar-refractivity contribution in [3.63, 3.8) is 0 Å². The topological polar surface area (TPSA) is 58.4 Å². The summed E-state index contributed by atoms with van der Waals surface area (Å²) in [6.45, 7) is 0. The maximum absolute atomic E-state index is 12.3. The zero-order chi connectivity index (χ0) is 17.1. The van der Waals surface area contributed by atoms with Gasteiger partial charge in [0.1, 0.15) is 11.6 Å². The lowest BCUT2D eigenvalue weighted by atomic mass is 10.2. The zero-order valence-corrected chi connectivity index (χ0v) is 14.0. The Labute approximate surface area is 144 Å². The van der Waals surface area contributed by atoms with Crippen LogP contribution in [0.2, 0.25) is 5.02 Å². The maximum Gasteiger partial charge on any atom is 0.291 e.